The molecule has 2 saturated heterocycles. The summed E-state index contributed by atoms with van der Waals surface area (Å²) in [6.45, 7) is 15.0. The number of halogens is 1. The van der Waals surface area contributed by atoms with Crippen LogP contribution in [0.2, 0.25) is 0 Å². The number of nitrogens with one attached hydrogen (secondary N) is 5. The minimum absolute atomic E-state index is 0.0142. The first-order valence-electron chi connectivity index (χ1n) is 28.1. The number of fused-ring (bicyclic) bond motifs is 6. The lowest BCUT2D eigenvalue weighted by molar-refractivity contribution is -0.144. The van der Waals surface area contributed by atoms with Crippen molar-refractivity contribution < 1.29 is 37.9 Å². The SMILES string of the molecule is C=C1/C=C(F)\C=C/CC(=O)N(C)Cc2nn(CCNC(=O)CCCCCCCCC(=O)N[C@@H]3C[C@H](C(=O)N[C@@H](CC)c4ccccc4)N(C(=O)C(NC(=O)[C@@H](C)NC)C(C)(C)C)C3)c(OC)c2-c2cnc(N)c(c2)N2CCC[C@H]12. The summed E-state index contributed by atoms with van der Waals surface area (Å²) in [5.74, 6) is -1.22. The van der Waals surface area contributed by atoms with Gasteiger partial charge in [0.15, 0.2) is 0 Å². The van der Waals surface area contributed by atoms with Gasteiger partial charge in [0.05, 0.1) is 55.3 Å². The van der Waals surface area contributed by atoms with Gasteiger partial charge < -0.3 is 51.8 Å². The molecular weight excluding hydrogens is 1010 g/mol. The molecule has 6 amide bonds. The molecule has 0 radical (unpaired) electrons. The number of anilines is 2. The highest BCUT2D eigenvalue weighted by Gasteiger charge is 2.46. The Balaban J connectivity index is 0.977. The fraction of sp³-hybridized carbons (Fsp3) is 0.559. The zero-order chi connectivity index (χ0) is 57.4. The Bertz CT molecular complexity index is 2680. The maximum absolute atomic E-state index is 15.0. The number of carbonyl (C=O) groups is 6. The third kappa shape index (κ3) is 16.5. The molecule has 3 aliphatic rings. The number of rotatable bonds is 22. The molecule has 1 unspecified atom stereocenters. The number of allylic oxidation sites excluding steroid dienone is 2. The zero-order valence-electron chi connectivity index (χ0n) is 47.7. The molecule has 6 rings (SSSR count). The lowest BCUT2D eigenvalue weighted by Crippen LogP contribution is -2.59. The molecule has 0 saturated carbocycles. The molecule has 3 aromatic rings. The van der Waals surface area contributed by atoms with Crippen molar-refractivity contribution in [3.63, 3.8) is 0 Å². The van der Waals surface area contributed by atoms with Crippen LogP contribution in [-0.2, 0) is 41.9 Å². The Kier molecular flexibility index (Phi) is 22.2. The number of unbranched alkanes of at least 4 members (excludes halogenated alkanes) is 5. The third-order valence-electron chi connectivity index (χ3n) is 15.2. The van der Waals surface area contributed by atoms with Crippen LogP contribution in [0, 0.1) is 5.41 Å². The van der Waals surface area contributed by atoms with Crippen molar-refractivity contribution in [3.8, 4) is 17.0 Å². The summed E-state index contributed by atoms with van der Waals surface area (Å²) in [7, 11) is 4.88. The number of aromatic nitrogens is 3. The van der Waals surface area contributed by atoms with Crippen LogP contribution in [0.25, 0.3) is 11.1 Å². The molecule has 0 spiro atoms. The summed E-state index contributed by atoms with van der Waals surface area (Å²) < 4.78 is 22.6. The first kappa shape index (κ1) is 61.1. The largest absolute Gasteiger partial charge is 0.481 e. The van der Waals surface area contributed by atoms with Crippen LogP contribution >= 0.6 is 0 Å². The van der Waals surface area contributed by atoms with E-state index in [0.29, 0.717) is 85.0 Å². The molecule has 19 nitrogen and oxygen atoms in total. The summed E-state index contributed by atoms with van der Waals surface area (Å²) in [5.41, 5.74) is 9.92. The number of nitrogens with zero attached hydrogens (tertiary/aromatic N) is 6. The lowest BCUT2D eigenvalue weighted by Gasteiger charge is -2.36. The zero-order valence-corrected chi connectivity index (χ0v) is 47.7. The second-order valence-electron chi connectivity index (χ2n) is 22.2. The minimum atomic E-state index is -0.916. The van der Waals surface area contributed by atoms with Crippen LogP contribution in [0.1, 0.15) is 135 Å². The standard InChI is InChI=1S/C59H85FN12O7/c1-10-44(40-22-16-15-17-23-40)66-56(77)48-34-43(36-71(48)57(78)53(59(4,5)6)67-55(76)39(3)62-7)65-50(74)27-19-14-12-11-13-18-26-49(73)63-29-31-72-58(79-9)52-41-33-47(54(61)64-35-41)70-30-21-25-46(70)38(2)32-42(60)24-20-28-51(75)69(8)37-45(52)68-72/h15-17,20,22-24,32-33,35,39,43-44,46,48,53,62H,2,10-14,18-19,21,25-31,34,36-37H2,1,3-9H3,(H2,61,64)(H,63,73)(H,65,74)(H,66,77)(H,67,76)/b24-20-,42-32+/t39-,43-,44+,46-,48-,53?/m1/s1. The Morgan fingerprint density at radius 3 is 2.37 bits per heavy atom. The normalized spacial score (nSPS) is 20.0. The van der Waals surface area contributed by atoms with Gasteiger partial charge in [0.1, 0.15) is 23.7 Å². The maximum Gasteiger partial charge on any atom is 0.246 e. The lowest BCUT2D eigenvalue weighted by atomic mass is 9.85. The van der Waals surface area contributed by atoms with Crippen molar-refractivity contribution in [2.75, 3.05) is 51.5 Å². The van der Waals surface area contributed by atoms with Gasteiger partial charge in [0, 0.05) is 63.7 Å². The van der Waals surface area contributed by atoms with Gasteiger partial charge in [0.2, 0.25) is 41.3 Å². The summed E-state index contributed by atoms with van der Waals surface area (Å²) in [6.07, 6.45) is 13.8. The number of ether oxygens (including phenoxy) is 1. The van der Waals surface area contributed by atoms with Crippen LogP contribution in [-0.4, -0.2) is 131 Å². The van der Waals surface area contributed by atoms with E-state index in [4.69, 9.17) is 15.6 Å². The van der Waals surface area contributed by atoms with E-state index < -0.39 is 35.4 Å². The number of pyridine rings is 1. The molecule has 7 N–H and O–H groups in total. The van der Waals surface area contributed by atoms with Crippen LogP contribution in [0.4, 0.5) is 15.9 Å². The number of methoxy groups -OCH3 is 1. The smallest absolute Gasteiger partial charge is 0.246 e. The second-order valence-corrected chi connectivity index (χ2v) is 22.2. The van der Waals surface area contributed by atoms with Crippen molar-refractivity contribution in [3.05, 3.63) is 90.1 Å². The number of benzene rings is 1. The topological polar surface area (TPSA) is 238 Å². The predicted octanol–water partition coefficient (Wildman–Crippen LogP) is 6.56. The van der Waals surface area contributed by atoms with Gasteiger partial charge in [-0.15, -0.1) is 0 Å². The number of likely N-dealkylation sites (tertiary alicyclic amines) is 1. The van der Waals surface area contributed by atoms with Crippen molar-refractivity contribution in [1.82, 2.24) is 51.1 Å². The van der Waals surface area contributed by atoms with Gasteiger partial charge in [-0.3, -0.25) is 28.8 Å². The van der Waals surface area contributed by atoms with Gasteiger partial charge >= 0.3 is 0 Å². The van der Waals surface area contributed by atoms with E-state index in [9.17, 15) is 33.2 Å². The predicted molar refractivity (Wildman–Crippen MR) is 305 cm³/mol. The number of carbonyl (C=O) groups excluding carboxylic acids is 6. The molecule has 2 bridgehead atoms. The molecule has 2 fully saturated rings. The highest BCUT2D eigenvalue weighted by Crippen LogP contribution is 2.40. The van der Waals surface area contributed by atoms with E-state index in [1.807, 2.05) is 64.1 Å². The van der Waals surface area contributed by atoms with Crippen LogP contribution in [0.3, 0.4) is 0 Å². The van der Waals surface area contributed by atoms with Crippen LogP contribution in [0.5, 0.6) is 5.88 Å². The maximum atomic E-state index is 15.0. The number of likely N-dealkylation sites (N-methyl/N-ethyl adjacent to an activating group) is 1. The van der Waals surface area contributed by atoms with Gasteiger partial charge in [-0.2, -0.15) is 5.10 Å². The van der Waals surface area contributed by atoms with Gasteiger partial charge in [-0.25, -0.2) is 14.1 Å². The monoisotopic (exact) mass is 1090 g/mol. The molecule has 1 aromatic carbocycles. The van der Waals surface area contributed by atoms with E-state index >= 15 is 0 Å². The Morgan fingerprint density at radius 1 is 1.00 bits per heavy atom. The molecule has 20 heteroatoms. The number of hydrogen-bond donors (Lipinski definition) is 6. The fourth-order valence-electron chi connectivity index (χ4n) is 10.6. The molecule has 3 aliphatic heterocycles. The first-order chi connectivity index (χ1) is 37.7. The van der Waals surface area contributed by atoms with E-state index in [1.165, 1.54) is 28.0 Å². The Hall–Kier alpha value is -7.09. The third-order valence-corrected chi connectivity index (χ3v) is 15.2. The number of amides is 6. The summed E-state index contributed by atoms with van der Waals surface area (Å²) in [4.78, 5) is 90.9. The molecule has 79 heavy (non-hydrogen) atoms. The average molecular weight is 1090 g/mol. The van der Waals surface area contributed by atoms with Gasteiger partial charge in [-0.1, -0.05) is 96.4 Å². The van der Waals surface area contributed by atoms with E-state index in [0.717, 1.165) is 44.1 Å². The molecule has 2 aromatic heterocycles. The summed E-state index contributed by atoms with van der Waals surface area (Å²) in [6, 6.07) is 8.36. The quantitative estimate of drug-likeness (QED) is 0.0587. The summed E-state index contributed by atoms with van der Waals surface area (Å²) in [5, 5.41) is 20.0. The van der Waals surface area contributed by atoms with Gasteiger partial charge in [-0.05, 0) is 87.3 Å². The van der Waals surface area contributed by atoms with Crippen LogP contribution in [0.15, 0.2) is 78.8 Å². The molecule has 0 aliphatic carbocycles. The van der Waals surface area contributed by atoms with Gasteiger partial charge in [0.25, 0.3) is 0 Å². The summed E-state index contributed by atoms with van der Waals surface area (Å²) >= 11 is 0. The van der Waals surface area contributed by atoms with Crippen molar-refractivity contribution in [1.29, 1.82) is 0 Å². The average Bonchev–Trinajstić information content (AvgIpc) is 4.19. The number of hydrogen-bond acceptors (Lipinski definition) is 12. The van der Waals surface area contributed by atoms with E-state index in [1.54, 1.807) is 39.0 Å². The Morgan fingerprint density at radius 2 is 1.70 bits per heavy atom. The molecule has 430 valence electrons. The molecular formula is C59H85FN12O7. The van der Waals surface area contributed by atoms with Crippen LogP contribution < -0.4 is 42.0 Å². The second kappa shape index (κ2) is 28.7. The fourth-order valence-corrected chi connectivity index (χ4v) is 10.6. The molecule has 5 heterocycles. The first-order valence-corrected chi connectivity index (χ1v) is 28.1. The van der Waals surface area contributed by atoms with Crippen molar-refractivity contribution >= 4 is 46.9 Å². The highest BCUT2D eigenvalue weighted by atomic mass is 19.1. The van der Waals surface area contributed by atoms with E-state index in [2.05, 4.69) is 43.0 Å². The number of nitrogens with two attached hydrogens (primary N) is 1. The van der Waals surface area contributed by atoms with E-state index in [-0.39, 0.29) is 80.0 Å². The van der Waals surface area contributed by atoms with Crippen molar-refractivity contribution in [2.24, 2.45) is 5.41 Å². The van der Waals surface area contributed by atoms with Crippen molar-refractivity contribution in [2.45, 2.75) is 167 Å². The minimum Gasteiger partial charge on any atom is -0.481 e. The molecule has 6 atom stereocenters. The number of nitrogen functional groups attached to an aromatic ring is 1. The Labute approximate surface area is 465 Å². The highest BCUT2D eigenvalue weighted by molar-refractivity contribution is 5.94.